The highest BCUT2D eigenvalue weighted by Gasteiger charge is 2.08. The summed E-state index contributed by atoms with van der Waals surface area (Å²) >= 11 is 0. The Labute approximate surface area is 126 Å². The second-order valence-electron chi connectivity index (χ2n) is 5.40. The molecule has 0 aliphatic heterocycles. The average Bonchev–Trinajstić information content (AvgIpc) is 2.47. The van der Waals surface area contributed by atoms with Crippen LogP contribution >= 0.6 is 0 Å². The minimum absolute atomic E-state index is 0.0928. The Morgan fingerprint density at radius 3 is 2.38 bits per heavy atom. The van der Waals surface area contributed by atoms with E-state index in [9.17, 15) is 4.79 Å². The van der Waals surface area contributed by atoms with Crippen LogP contribution in [0.3, 0.4) is 0 Å². The molecule has 3 heteroatoms. The van der Waals surface area contributed by atoms with Gasteiger partial charge in [0.15, 0.2) is 0 Å². The fraction of sp³-hybridized carbons (Fsp3) is 0.278. The molecule has 2 rings (SSSR count). The molecule has 2 aromatic carbocycles. The molecule has 0 bridgehead atoms. The molecule has 0 fully saturated rings. The van der Waals surface area contributed by atoms with Gasteiger partial charge in [0.1, 0.15) is 0 Å². The molecule has 1 amide bonds. The maximum Gasteiger partial charge on any atom is 0.220 e. The van der Waals surface area contributed by atoms with E-state index in [0.717, 1.165) is 24.1 Å². The molecule has 1 atom stereocenters. The molecule has 1 unspecified atom stereocenters. The molecular formula is C18H22N2O. The minimum Gasteiger partial charge on any atom is -0.399 e. The minimum atomic E-state index is 0.0928. The summed E-state index contributed by atoms with van der Waals surface area (Å²) in [7, 11) is 0. The summed E-state index contributed by atoms with van der Waals surface area (Å²) < 4.78 is 0. The van der Waals surface area contributed by atoms with Crippen LogP contribution in [0.5, 0.6) is 0 Å². The quantitative estimate of drug-likeness (QED) is 0.800. The molecule has 0 aliphatic rings. The van der Waals surface area contributed by atoms with E-state index < -0.39 is 0 Å². The predicted octanol–water partition coefficient (Wildman–Crippen LogP) is 2.95. The van der Waals surface area contributed by atoms with Gasteiger partial charge in [-0.3, -0.25) is 4.79 Å². The molecule has 3 N–H and O–H groups in total. The van der Waals surface area contributed by atoms with Crippen molar-refractivity contribution in [3.63, 3.8) is 0 Å². The van der Waals surface area contributed by atoms with Gasteiger partial charge in [0, 0.05) is 18.2 Å². The van der Waals surface area contributed by atoms with Gasteiger partial charge in [0.2, 0.25) is 5.91 Å². The Balaban J connectivity index is 1.75. The number of nitrogen functional groups attached to an aromatic ring is 1. The molecule has 0 spiro atoms. The van der Waals surface area contributed by atoms with Gasteiger partial charge in [0.05, 0.1) is 0 Å². The van der Waals surface area contributed by atoms with Crippen LogP contribution in [0.15, 0.2) is 54.6 Å². The average molecular weight is 282 g/mol. The number of rotatable bonds is 6. The molecule has 2 aromatic rings. The number of aryl methyl sites for hydroxylation is 1. The van der Waals surface area contributed by atoms with Crippen LogP contribution in [0, 0.1) is 0 Å². The summed E-state index contributed by atoms with van der Waals surface area (Å²) in [6, 6.07) is 18.0. The first kappa shape index (κ1) is 15.1. The standard InChI is InChI=1S/C18H22N2O/c1-14(13-16-5-3-2-4-6-16)20-18(21)12-9-15-7-10-17(19)11-8-15/h2-8,10-11,14H,9,12-13,19H2,1H3,(H,20,21). The SMILES string of the molecule is CC(Cc1ccccc1)NC(=O)CCc1ccc(N)cc1. The van der Waals surface area contributed by atoms with Gasteiger partial charge in [-0.25, -0.2) is 0 Å². The number of carbonyl (C=O) groups excluding carboxylic acids is 1. The first-order chi connectivity index (χ1) is 10.1. The number of nitrogens with one attached hydrogen (secondary N) is 1. The summed E-state index contributed by atoms with van der Waals surface area (Å²) in [5.41, 5.74) is 8.77. The van der Waals surface area contributed by atoms with Gasteiger partial charge in [-0.05, 0) is 43.0 Å². The maximum atomic E-state index is 11.9. The van der Waals surface area contributed by atoms with E-state index in [-0.39, 0.29) is 11.9 Å². The van der Waals surface area contributed by atoms with E-state index in [1.807, 2.05) is 49.4 Å². The first-order valence-corrected chi connectivity index (χ1v) is 7.31. The van der Waals surface area contributed by atoms with Crippen molar-refractivity contribution in [2.45, 2.75) is 32.2 Å². The van der Waals surface area contributed by atoms with E-state index in [1.165, 1.54) is 5.56 Å². The van der Waals surface area contributed by atoms with Crippen molar-refractivity contribution >= 4 is 11.6 Å². The van der Waals surface area contributed by atoms with Crippen molar-refractivity contribution < 1.29 is 4.79 Å². The number of anilines is 1. The van der Waals surface area contributed by atoms with Crippen molar-refractivity contribution in [2.24, 2.45) is 0 Å². The topological polar surface area (TPSA) is 55.1 Å². The molecule has 0 radical (unpaired) electrons. The third-order valence-electron chi connectivity index (χ3n) is 3.41. The molecule has 21 heavy (non-hydrogen) atoms. The summed E-state index contributed by atoms with van der Waals surface area (Å²) in [6.45, 7) is 2.04. The van der Waals surface area contributed by atoms with Gasteiger partial charge in [-0.1, -0.05) is 42.5 Å². The zero-order valence-electron chi connectivity index (χ0n) is 12.4. The zero-order valence-corrected chi connectivity index (χ0v) is 12.4. The fourth-order valence-electron chi connectivity index (χ4n) is 2.31. The monoisotopic (exact) mass is 282 g/mol. The van der Waals surface area contributed by atoms with Crippen molar-refractivity contribution in [2.75, 3.05) is 5.73 Å². The summed E-state index contributed by atoms with van der Waals surface area (Å²) in [6.07, 6.45) is 2.10. The molecule has 0 aromatic heterocycles. The van der Waals surface area contributed by atoms with Crippen molar-refractivity contribution in [3.05, 3.63) is 65.7 Å². The number of amides is 1. The molecule has 0 aliphatic carbocycles. The van der Waals surface area contributed by atoms with E-state index in [4.69, 9.17) is 5.73 Å². The van der Waals surface area contributed by atoms with Crippen molar-refractivity contribution in [1.82, 2.24) is 5.32 Å². The number of nitrogens with two attached hydrogens (primary N) is 1. The number of hydrogen-bond acceptors (Lipinski definition) is 2. The molecule has 110 valence electrons. The van der Waals surface area contributed by atoms with Gasteiger partial charge in [0.25, 0.3) is 0 Å². The van der Waals surface area contributed by atoms with Gasteiger partial charge in [-0.15, -0.1) is 0 Å². The Morgan fingerprint density at radius 2 is 1.71 bits per heavy atom. The highest BCUT2D eigenvalue weighted by molar-refractivity contribution is 5.76. The normalized spacial score (nSPS) is 11.9. The summed E-state index contributed by atoms with van der Waals surface area (Å²) in [4.78, 5) is 11.9. The number of benzene rings is 2. The van der Waals surface area contributed by atoms with E-state index >= 15 is 0 Å². The summed E-state index contributed by atoms with van der Waals surface area (Å²) in [5.74, 6) is 0.0928. The summed E-state index contributed by atoms with van der Waals surface area (Å²) in [5, 5.41) is 3.05. The Bertz CT molecular complexity index is 564. The first-order valence-electron chi connectivity index (χ1n) is 7.31. The Morgan fingerprint density at radius 1 is 1.05 bits per heavy atom. The van der Waals surface area contributed by atoms with Crippen LogP contribution < -0.4 is 11.1 Å². The third kappa shape index (κ3) is 5.30. The van der Waals surface area contributed by atoms with Gasteiger partial charge >= 0.3 is 0 Å². The largest absolute Gasteiger partial charge is 0.399 e. The van der Waals surface area contributed by atoms with Crippen LogP contribution in [-0.2, 0) is 17.6 Å². The second kappa shape index (κ2) is 7.48. The Hall–Kier alpha value is -2.29. The highest BCUT2D eigenvalue weighted by atomic mass is 16.1. The number of hydrogen-bond donors (Lipinski definition) is 2. The van der Waals surface area contributed by atoms with Crippen LogP contribution in [0.1, 0.15) is 24.5 Å². The fourth-order valence-corrected chi connectivity index (χ4v) is 2.31. The lowest BCUT2D eigenvalue weighted by molar-refractivity contribution is -0.121. The lowest BCUT2D eigenvalue weighted by Gasteiger charge is -2.14. The van der Waals surface area contributed by atoms with E-state index in [1.54, 1.807) is 0 Å². The van der Waals surface area contributed by atoms with Crippen LogP contribution in [0.2, 0.25) is 0 Å². The Kier molecular flexibility index (Phi) is 5.38. The van der Waals surface area contributed by atoms with Crippen LogP contribution in [-0.4, -0.2) is 11.9 Å². The smallest absolute Gasteiger partial charge is 0.220 e. The molecular weight excluding hydrogens is 260 g/mol. The van der Waals surface area contributed by atoms with Gasteiger partial charge in [-0.2, -0.15) is 0 Å². The van der Waals surface area contributed by atoms with E-state index in [2.05, 4.69) is 17.4 Å². The number of carbonyl (C=O) groups is 1. The van der Waals surface area contributed by atoms with Crippen molar-refractivity contribution in [1.29, 1.82) is 0 Å². The van der Waals surface area contributed by atoms with Gasteiger partial charge < -0.3 is 11.1 Å². The van der Waals surface area contributed by atoms with E-state index in [0.29, 0.717) is 6.42 Å². The molecule has 3 nitrogen and oxygen atoms in total. The predicted molar refractivity (Wildman–Crippen MR) is 86.9 cm³/mol. The molecule has 0 saturated heterocycles. The highest BCUT2D eigenvalue weighted by Crippen LogP contribution is 2.08. The van der Waals surface area contributed by atoms with Crippen LogP contribution in [0.25, 0.3) is 0 Å². The lowest BCUT2D eigenvalue weighted by Crippen LogP contribution is -2.34. The third-order valence-corrected chi connectivity index (χ3v) is 3.41. The zero-order chi connectivity index (χ0) is 15.1. The molecule has 0 saturated carbocycles. The lowest BCUT2D eigenvalue weighted by atomic mass is 10.1. The van der Waals surface area contributed by atoms with Crippen LogP contribution in [0.4, 0.5) is 5.69 Å². The molecule has 0 heterocycles. The van der Waals surface area contributed by atoms with Crippen molar-refractivity contribution in [3.8, 4) is 0 Å². The maximum absolute atomic E-state index is 11.9. The second-order valence-corrected chi connectivity index (χ2v) is 5.40.